The highest BCUT2D eigenvalue weighted by molar-refractivity contribution is 5.69. The van der Waals surface area contributed by atoms with Crippen molar-refractivity contribution in [1.82, 2.24) is 4.90 Å². The second-order valence-electron chi connectivity index (χ2n) is 6.97. The molecular formula is C15H27NO4. The van der Waals surface area contributed by atoms with Crippen LogP contribution in [0.25, 0.3) is 0 Å². The Morgan fingerprint density at radius 3 is 2.80 bits per heavy atom. The fourth-order valence-corrected chi connectivity index (χ4v) is 3.30. The van der Waals surface area contributed by atoms with Crippen molar-refractivity contribution in [2.45, 2.75) is 63.7 Å². The molecule has 0 aromatic heterocycles. The van der Waals surface area contributed by atoms with E-state index in [0.29, 0.717) is 13.0 Å². The third-order valence-corrected chi connectivity index (χ3v) is 4.15. The van der Waals surface area contributed by atoms with Gasteiger partial charge in [-0.25, -0.2) is 0 Å². The first-order valence-electron chi connectivity index (χ1n) is 7.54. The van der Waals surface area contributed by atoms with Crippen molar-refractivity contribution < 1.29 is 19.4 Å². The summed E-state index contributed by atoms with van der Waals surface area (Å²) >= 11 is 0. The van der Waals surface area contributed by atoms with Crippen LogP contribution in [0.4, 0.5) is 0 Å². The molecule has 0 aliphatic carbocycles. The topological polar surface area (TPSA) is 59.0 Å². The number of aliphatic hydroxyl groups is 1. The van der Waals surface area contributed by atoms with E-state index in [0.717, 1.165) is 32.4 Å². The lowest BCUT2D eigenvalue weighted by molar-refractivity contribution is -0.156. The molecule has 2 rings (SSSR count). The number of hydrogen-bond donors (Lipinski definition) is 1. The predicted octanol–water partition coefficient (Wildman–Crippen LogP) is 1.33. The molecule has 2 heterocycles. The number of rotatable bonds is 5. The zero-order valence-corrected chi connectivity index (χ0v) is 12.9. The number of fused-ring (bicyclic) bond motifs is 1. The maximum Gasteiger partial charge on any atom is 0.308 e. The summed E-state index contributed by atoms with van der Waals surface area (Å²) in [5.74, 6) is -0.215. The van der Waals surface area contributed by atoms with Crippen LogP contribution in [-0.4, -0.2) is 59.5 Å². The quantitative estimate of drug-likeness (QED) is 0.772. The second kappa shape index (κ2) is 6.00. The lowest BCUT2D eigenvalue weighted by Crippen LogP contribution is -2.41. The molecule has 0 radical (unpaired) electrons. The minimum atomic E-state index is -0.436. The second-order valence-corrected chi connectivity index (χ2v) is 6.97. The van der Waals surface area contributed by atoms with E-state index >= 15 is 0 Å². The molecule has 0 aromatic rings. The lowest BCUT2D eigenvalue weighted by Gasteiger charge is -2.28. The van der Waals surface area contributed by atoms with Gasteiger partial charge in [0.15, 0.2) is 0 Å². The summed E-state index contributed by atoms with van der Waals surface area (Å²) < 4.78 is 11.0. The van der Waals surface area contributed by atoms with Crippen molar-refractivity contribution >= 4 is 5.97 Å². The van der Waals surface area contributed by atoms with E-state index in [9.17, 15) is 9.90 Å². The summed E-state index contributed by atoms with van der Waals surface area (Å²) in [4.78, 5) is 13.9. The zero-order chi connectivity index (χ0) is 14.8. The Hall–Kier alpha value is -0.650. The Bertz CT molecular complexity index is 352. The van der Waals surface area contributed by atoms with Crippen LogP contribution in [0.2, 0.25) is 0 Å². The van der Waals surface area contributed by atoms with Crippen molar-refractivity contribution in [1.29, 1.82) is 0 Å². The Morgan fingerprint density at radius 2 is 2.20 bits per heavy atom. The number of nitrogens with zero attached hydrogens (tertiary/aromatic N) is 1. The lowest BCUT2D eigenvalue weighted by atomic mass is 9.94. The number of ether oxygens (including phenoxy) is 2. The van der Waals surface area contributed by atoms with Gasteiger partial charge in [-0.3, -0.25) is 9.69 Å². The largest absolute Gasteiger partial charge is 0.460 e. The highest BCUT2D eigenvalue weighted by Crippen LogP contribution is 2.39. The normalized spacial score (nSPS) is 30.5. The molecule has 0 amide bonds. The van der Waals surface area contributed by atoms with Gasteiger partial charge in [0.25, 0.3) is 0 Å². The van der Waals surface area contributed by atoms with Crippen LogP contribution in [0, 0.1) is 0 Å². The molecule has 2 atom stereocenters. The zero-order valence-electron chi connectivity index (χ0n) is 12.9. The SMILES string of the molecule is CC(C)(C)OC(=O)CCO[C@H]1CN2CCC[C@]2(CO)C1. The smallest absolute Gasteiger partial charge is 0.308 e. The molecule has 0 bridgehead atoms. The van der Waals surface area contributed by atoms with Crippen LogP contribution in [-0.2, 0) is 14.3 Å². The molecule has 2 fully saturated rings. The standard InChI is InChI=1S/C15H27NO4/c1-14(2,3)20-13(18)5-8-19-12-9-15(11-17)6-4-7-16(15)10-12/h12,17H,4-11H2,1-3H3/t12-,15-/m1/s1. The van der Waals surface area contributed by atoms with E-state index in [2.05, 4.69) is 4.90 Å². The van der Waals surface area contributed by atoms with E-state index in [1.54, 1.807) is 0 Å². The van der Waals surface area contributed by atoms with Gasteiger partial charge in [0, 0.05) is 12.1 Å². The summed E-state index contributed by atoms with van der Waals surface area (Å²) in [6.45, 7) is 8.11. The number of carbonyl (C=O) groups excluding carboxylic acids is 1. The summed E-state index contributed by atoms with van der Waals surface area (Å²) in [5, 5.41) is 9.61. The molecule has 5 heteroatoms. The first kappa shape index (κ1) is 15.7. The molecule has 2 aliphatic rings. The highest BCUT2D eigenvalue weighted by atomic mass is 16.6. The minimum absolute atomic E-state index is 0.0589. The van der Waals surface area contributed by atoms with Crippen LogP contribution in [0.5, 0.6) is 0 Å². The first-order chi connectivity index (χ1) is 9.35. The van der Waals surface area contributed by atoms with Gasteiger partial charge in [-0.15, -0.1) is 0 Å². The van der Waals surface area contributed by atoms with Gasteiger partial charge in [0.05, 0.1) is 25.7 Å². The molecule has 0 spiro atoms. The van der Waals surface area contributed by atoms with E-state index < -0.39 is 5.60 Å². The van der Waals surface area contributed by atoms with Crippen molar-refractivity contribution in [2.75, 3.05) is 26.3 Å². The van der Waals surface area contributed by atoms with Crippen molar-refractivity contribution in [3.05, 3.63) is 0 Å². The maximum absolute atomic E-state index is 11.6. The summed E-state index contributed by atoms with van der Waals surface area (Å²) in [6.07, 6.45) is 3.50. The van der Waals surface area contributed by atoms with Crippen LogP contribution in [0.1, 0.15) is 46.5 Å². The van der Waals surface area contributed by atoms with Gasteiger partial charge in [0.1, 0.15) is 5.60 Å². The molecule has 0 aromatic carbocycles. The van der Waals surface area contributed by atoms with Crippen LogP contribution in [0.3, 0.4) is 0 Å². The van der Waals surface area contributed by atoms with Gasteiger partial charge in [-0.1, -0.05) is 0 Å². The predicted molar refractivity (Wildman–Crippen MR) is 75.4 cm³/mol. The van der Waals surface area contributed by atoms with Crippen LogP contribution in [0.15, 0.2) is 0 Å². The number of aliphatic hydroxyl groups excluding tert-OH is 1. The molecule has 0 saturated carbocycles. The highest BCUT2D eigenvalue weighted by Gasteiger charge is 2.48. The molecule has 116 valence electrons. The van der Waals surface area contributed by atoms with E-state index in [4.69, 9.17) is 9.47 Å². The molecule has 5 nitrogen and oxygen atoms in total. The summed E-state index contributed by atoms with van der Waals surface area (Å²) in [6, 6.07) is 0. The number of hydrogen-bond acceptors (Lipinski definition) is 5. The maximum atomic E-state index is 11.6. The van der Waals surface area contributed by atoms with Gasteiger partial charge in [-0.05, 0) is 46.6 Å². The van der Waals surface area contributed by atoms with Crippen molar-refractivity contribution in [2.24, 2.45) is 0 Å². The molecule has 2 aliphatic heterocycles. The number of esters is 1. The average Bonchev–Trinajstić information content (AvgIpc) is 2.83. The summed E-state index contributed by atoms with van der Waals surface area (Å²) in [7, 11) is 0. The fourth-order valence-electron chi connectivity index (χ4n) is 3.30. The Balaban J connectivity index is 1.70. The van der Waals surface area contributed by atoms with E-state index in [1.807, 2.05) is 20.8 Å². The van der Waals surface area contributed by atoms with Gasteiger partial charge in [0.2, 0.25) is 0 Å². The van der Waals surface area contributed by atoms with Gasteiger partial charge >= 0.3 is 5.97 Å². The summed E-state index contributed by atoms with van der Waals surface area (Å²) in [5.41, 5.74) is -0.495. The minimum Gasteiger partial charge on any atom is -0.460 e. The molecule has 0 unspecified atom stereocenters. The monoisotopic (exact) mass is 285 g/mol. The van der Waals surface area contributed by atoms with Gasteiger partial charge in [-0.2, -0.15) is 0 Å². The fraction of sp³-hybridized carbons (Fsp3) is 0.933. The molecular weight excluding hydrogens is 258 g/mol. The van der Waals surface area contributed by atoms with Crippen molar-refractivity contribution in [3.8, 4) is 0 Å². The molecule has 1 N–H and O–H groups in total. The van der Waals surface area contributed by atoms with Crippen molar-refractivity contribution in [3.63, 3.8) is 0 Å². The van der Waals surface area contributed by atoms with E-state index in [-0.39, 0.29) is 24.2 Å². The third kappa shape index (κ3) is 3.71. The van der Waals surface area contributed by atoms with Crippen LogP contribution < -0.4 is 0 Å². The Morgan fingerprint density at radius 1 is 1.45 bits per heavy atom. The Labute approximate surface area is 121 Å². The van der Waals surface area contributed by atoms with E-state index in [1.165, 1.54) is 0 Å². The molecule has 20 heavy (non-hydrogen) atoms. The number of carbonyl (C=O) groups is 1. The molecule has 2 saturated heterocycles. The first-order valence-corrected chi connectivity index (χ1v) is 7.54. The Kier molecular flexibility index (Phi) is 4.72. The van der Waals surface area contributed by atoms with Crippen LogP contribution >= 0.6 is 0 Å². The average molecular weight is 285 g/mol. The van der Waals surface area contributed by atoms with Gasteiger partial charge < -0.3 is 14.6 Å². The third-order valence-electron chi connectivity index (χ3n) is 4.15.